The average Bonchev–Trinajstić information content (AvgIpc) is 2.51. The summed E-state index contributed by atoms with van der Waals surface area (Å²) in [5.74, 6) is 1.70. The molecule has 0 aliphatic carbocycles. The lowest BCUT2D eigenvalue weighted by Crippen LogP contribution is -2.41. The van der Waals surface area contributed by atoms with Gasteiger partial charge in [0.2, 0.25) is 5.91 Å². The van der Waals surface area contributed by atoms with Gasteiger partial charge in [-0.2, -0.15) is 11.8 Å². The fourth-order valence-corrected chi connectivity index (χ4v) is 3.35. The second kappa shape index (κ2) is 15.8. The van der Waals surface area contributed by atoms with Crippen molar-refractivity contribution in [3.05, 3.63) is 0 Å². The Morgan fingerprint density at radius 2 is 1.50 bits per heavy atom. The van der Waals surface area contributed by atoms with E-state index in [1.165, 1.54) is 50.0 Å². The maximum atomic E-state index is 11.8. The number of rotatable bonds is 16. The molecule has 0 rings (SSSR count). The minimum absolute atomic E-state index is 0.128. The standard InChI is InChI=1S/C19H37NO3S/c1-4-24-14-12-10-8-6-5-7-9-11-13-18(21)20-17(19(22)23)15-16(2)3/h16-17H,4-15H2,1-3H3,(H,20,21)(H,22,23)/t17-/m0/s1. The van der Waals surface area contributed by atoms with Gasteiger partial charge in [0.15, 0.2) is 0 Å². The number of hydrogen-bond donors (Lipinski definition) is 2. The Morgan fingerprint density at radius 1 is 0.958 bits per heavy atom. The van der Waals surface area contributed by atoms with Gasteiger partial charge < -0.3 is 10.4 Å². The highest BCUT2D eigenvalue weighted by Gasteiger charge is 2.20. The van der Waals surface area contributed by atoms with Crippen molar-refractivity contribution in [2.24, 2.45) is 5.92 Å². The van der Waals surface area contributed by atoms with Crippen LogP contribution >= 0.6 is 11.8 Å². The molecular weight excluding hydrogens is 322 g/mol. The SMILES string of the molecule is CCSCCCCCCCCCCC(=O)N[C@@H](CC(C)C)C(=O)O. The van der Waals surface area contributed by atoms with Gasteiger partial charge >= 0.3 is 5.97 Å². The zero-order valence-electron chi connectivity index (χ0n) is 15.8. The zero-order chi connectivity index (χ0) is 18.2. The number of aliphatic carboxylic acids is 1. The third-order valence-electron chi connectivity index (χ3n) is 3.99. The first-order valence-corrected chi connectivity index (χ1v) is 10.7. The molecule has 0 aromatic carbocycles. The van der Waals surface area contributed by atoms with Crippen LogP contribution in [0.5, 0.6) is 0 Å². The van der Waals surface area contributed by atoms with Crippen LogP contribution in [0.15, 0.2) is 0 Å². The van der Waals surface area contributed by atoms with Gasteiger partial charge in [0, 0.05) is 6.42 Å². The number of unbranched alkanes of at least 4 members (excludes halogenated alkanes) is 7. The van der Waals surface area contributed by atoms with Crippen LogP contribution in [0.3, 0.4) is 0 Å². The molecular formula is C19H37NO3S. The van der Waals surface area contributed by atoms with Crippen LogP contribution in [0.4, 0.5) is 0 Å². The van der Waals surface area contributed by atoms with Crippen molar-refractivity contribution in [3.63, 3.8) is 0 Å². The average molecular weight is 360 g/mol. The van der Waals surface area contributed by atoms with Crippen LogP contribution < -0.4 is 5.32 Å². The topological polar surface area (TPSA) is 66.4 Å². The summed E-state index contributed by atoms with van der Waals surface area (Å²) in [5, 5.41) is 11.8. The Kier molecular flexibility index (Phi) is 15.3. The van der Waals surface area contributed by atoms with E-state index in [1.807, 2.05) is 25.6 Å². The Balaban J connectivity index is 3.53. The van der Waals surface area contributed by atoms with Crippen molar-refractivity contribution in [1.29, 1.82) is 0 Å². The molecule has 5 heteroatoms. The molecule has 0 saturated carbocycles. The molecule has 0 unspecified atom stereocenters. The van der Waals surface area contributed by atoms with Crippen molar-refractivity contribution < 1.29 is 14.7 Å². The molecule has 0 fully saturated rings. The summed E-state index contributed by atoms with van der Waals surface area (Å²) in [4.78, 5) is 22.9. The minimum atomic E-state index is -0.936. The van der Waals surface area contributed by atoms with Crippen LogP contribution in [0.1, 0.15) is 85.0 Å². The summed E-state index contributed by atoms with van der Waals surface area (Å²) in [6, 6.07) is -0.747. The molecule has 0 heterocycles. The highest BCUT2D eigenvalue weighted by Crippen LogP contribution is 2.12. The lowest BCUT2D eigenvalue weighted by Gasteiger charge is -2.16. The third-order valence-corrected chi connectivity index (χ3v) is 4.97. The van der Waals surface area contributed by atoms with Gasteiger partial charge in [0.05, 0.1) is 0 Å². The molecule has 1 atom stereocenters. The van der Waals surface area contributed by atoms with Crippen LogP contribution in [-0.4, -0.2) is 34.5 Å². The number of carbonyl (C=O) groups excluding carboxylic acids is 1. The van der Waals surface area contributed by atoms with Crippen molar-refractivity contribution in [1.82, 2.24) is 5.32 Å². The maximum Gasteiger partial charge on any atom is 0.326 e. The highest BCUT2D eigenvalue weighted by molar-refractivity contribution is 7.99. The third kappa shape index (κ3) is 14.9. The summed E-state index contributed by atoms with van der Waals surface area (Å²) < 4.78 is 0. The molecule has 0 aliphatic heterocycles. The smallest absolute Gasteiger partial charge is 0.326 e. The number of carboxylic acid groups (broad SMARTS) is 1. The molecule has 0 aromatic heterocycles. The monoisotopic (exact) mass is 359 g/mol. The Labute approximate surface area is 152 Å². The largest absolute Gasteiger partial charge is 0.480 e. The van der Waals surface area contributed by atoms with Gasteiger partial charge in [-0.05, 0) is 36.7 Å². The van der Waals surface area contributed by atoms with Crippen molar-refractivity contribution >= 4 is 23.6 Å². The van der Waals surface area contributed by atoms with E-state index in [9.17, 15) is 9.59 Å². The minimum Gasteiger partial charge on any atom is -0.480 e. The van der Waals surface area contributed by atoms with E-state index < -0.39 is 12.0 Å². The number of carboxylic acids is 1. The molecule has 0 aliphatic rings. The molecule has 24 heavy (non-hydrogen) atoms. The van der Waals surface area contributed by atoms with E-state index in [2.05, 4.69) is 12.2 Å². The maximum absolute atomic E-state index is 11.8. The highest BCUT2D eigenvalue weighted by atomic mass is 32.2. The van der Waals surface area contributed by atoms with E-state index in [-0.39, 0.29) is 11.8 Å². The lowest BCUT2D eigenvalue weighted by molar-refractivity contribution is -0.142. The molecule has 1 amide bonds. The first kappa shape index (κ1) is 23.3. The van der Waals surface area contributed by atoms with Crippen molar-refractivity contribution in [2.75, 3.05) is 11.5 Å². The molecule has 2 N–H and O–H groups in total. The van der Waals surface area contributed by atoms with Gasteiger partial charge in [0.1, 0.15) is 6.04 Å². The first-order chi connectivity index (χ1) is 11.5. The van der Waals surface area contributed by atoms with Crippen LogP contribution in [-0.2, 0) is 9.59 Å². The molecule has 0 bridgehead atoms. The molecule has 4 nitrogen and oxygen atoms in total. The second-order valence-electron chi connectivity index (χ2n) is 6.86. The molecule has 142 valence electrons. The summed E-state index contributed by atoms with van der Waals surface area (Å²) in [7, 11) is 0. The molecule has 0 radical (unpaired) electrons. The van der Waals surface area contributed by atoms with Gasteiger partial charge in [-0.25, -0.2) is 4.79 Å². The first-order valence-electron chi connectivity index (χ1n) is 9.57. The van der Waals surface area contributed by atoms with Crippen molar-refractivity contribution in [3.8, 4) is 0 Å². The quantitative estimate of drug-likeness (QED) is 0.386. The van der Waals surface area contributed by atoms with E-state index in [0.717, 1.165) is 12.8 Å². The Bertz CT molecular complexity index is 335. The van der Waals surface area contributed by atoms with E-state index in [0.29, 0.717) is 12.8 Å². The number of hydrogen-bond acceptors (Lipinski definition) is 3. The van der Waals surface area contributed by atoms with Gasteiger partial charge in [-0.1, -0.05) is 59.3 Å². The lowest BCUT2D eigenvalue weighted by atomic mass is 10.0. The van der Waals surface area contributed by atoms with Crippen LogP contribution in [0.2, 0.25) is 0 Å². The number of thioether (sulfide) groups is 1. The van der Waals surface area contributed by atoms with Crippen LogP contribution in [0.25, 0.3) is 0 Å². The van der Waals surface area contributed by atoms with Crippen LogP contribution in [0, 0.1) is 5.92 Å². The molecule has 0 spiro atoms. The molecule has 0 aromatic rings. The summed E-state index contributed by atoms with van der Waals surface area (Å²) in [6.45, 7) is 6.13. The van der Waals surface area contributed by atoms with E-state index in [4.69, 9.17) is 5.11 Å². The predicted octanol–water partition coefficient (Wildman–Crippen LogP) is 4.87. The normalized spacial score (nSPS) is 12.3. The second-order valence-corrected chi connectivity index (χ2v) is 8.26. The zero-order valence-corrected chi connectivity index (χ0v) is 16.6. The molecule has 0 saturated heterocycles. The fraction of sp³-hybridized carbons (Fsp3) is 0.895. The Morgan fingerprint density at radius 3 is 2.00 bits per heavy atom. The van der Waals surface area contributed by atoms with Crippen molar-refractivity contribution in [2.45, 2.75) is 91.0 Å². The predicted molar refractivity (Wildman–Crippen MR) is 104 cm³/mol. The van der Waals surface area contributed by atoms with Gasteiger partial charge in [-0.3, -0.25) is 4.79 Å². The van der Waals surface area contributed by atoms with Gasteiger partial charge in [0.25, 0.3) is 0 Å². The fourth-order valence-electron chi connectivity index (χ4n) is 2.65. The summed E-state index contributed by atoms with van der Waals surface area (Å²) in [6.07, 6.45) is 10.5. The van der Waals surface area contributed by atoms with Gasteiger partial charge in [-0.15, -0.1) is 0 Å². The van der Waals surface area contributed by atoms with E-state index in [1.54, 1.807) is 0 Å². The number of nitrogens with one attached hydrogen (secondary N) is 1. The Hall–Kier alpha value is -0.710. The van der Waals surface area contributed by atoms with E-state index >= 15 is 0 Å². The summed E-state index contributed by atoms with van der Waals surface area (Å²) >= 11 is 2.02. The number of carbonyl (C=O) groups is 2. The number of amides is 1. The summed E-state index contributed by atoms with van der Waals surface area (Å²) in [5.41, 5.74) is 0.